The molecular formula is C24H20ClF3N8O. The van der Waals surface area contributed by atoms with Crippen LogP contribution in [0.5, 0.6) is 0 Å². The highest BCUT2D eigenvalue weighted by atomic mass is 35.5. The summed E-state index contributed by atoms with van der Waals surface area (Å²) < 4.78 is 46.8. The van der Waals surface area contributed by atoms with Gasteiger partial charge in [0.15, 0.2) is 17.5 Å². The Morgan fingerprint density at radius 3 is 2.49 bits per heavy atom. The SMILES string of the molecule is Cc1c(Cc2ncn(C)n2)c(=O)nc(Nc2cc3cn(C)nc3cc2Cl)n1Cc1cc(F)c(F)cc1F. The van der Waals surface area contributed by atoms with Gasteiger partial charge in [0.25, 0.3) is 5.56 Å². The third-order valence-electron chi connectivity index (χ3n) is 5.92. The lowest BCUT2D eigenvalue weighted by atomic mass is 10.1. The van der Waals surface area contributed by atoms with E-state index in [1.165, 1.54) is 15.6 Å². The van der Waals surface area contributed by atoms with E-state index in [1.54, 1.807) is 44.0 Å². The molecule has 0 aliphatic heterocycles. The predicted octanol–water partition coefficient (Wildman–Crippen LogP) is 4.02. The molecule has 37 heavy (non-hydrogen) atoms. The van der Waals surface area contributed by atoms with E-state index in [0.29, 0.717) is 33.8 Å². The van der Waals surface area contributed by atoms with Gasteiger partial charge in [0.2, 0.25) is 5.95 Å². The van der Waals surface area contributed by atoms with Crippen molar-refractivity contribution in [3.05, 3.63) is 92.3 Å². The van der Waals surface area contributed by atoms with Crippen LogP contribution in [0, 0.1) is 24.4 Å². The summed E-state index contributed by atoms with van der Waals surface area (Å²) in [4.78, 5) is 21.4. The van der Waals surface area contributed by atoms with E-state index in [1.807, 2.05) is 0 Å². The first kappa shape index (κ1) is 24.5. The van der Waals surface area contributed by atoms with Gasteiger partial charge in [0.05, 0.1) is 22.8 Å². The van der Waals surface area contributed by atoms with Crippen molar-refractivity contribution in [3.8, 4) is 0 Å². The van der Waals surface area contributed by atoms with Crippen molar-refractivity contribution in [2.24, 2.45) is 14.1 Å². The van der Waals surface area contributed by atoms with Crippen molar-refractivity contribution in [2.45, 2.75) is 19.9 Å². The molecule has 0 spiro atoms. The molecule has 0 atom stereocenters. The Morgan fingerprint density at radius 1 is 1.00 bits per heavy atom. The van der Waals surface area contributed by atoms with Crippen LogP contribution in [0.3, 0.4) is 0 Å². The third kappa shape index (κ3) is 4.79. The number of fused-ring (bicyclic) bond motifs is 1. The van der Waals surface area contributed by atoms with E-state index in [-0.39, 0.29) is 30.0 Å². The molecule has 5 rings (SSSR count). The Morgan fingerprint density at radius 2 is 1.76 bits per heavy atom. The zero-order valence-electron chi connectivity index (χ0n) is 19.9. The molecule has 9 nitrogen and oxygen atoms in total. The first-order valence-corrected chi connectivity index (χ1v) is 11.4. The zero-order valence-corrected chi connectivity index (χ0v) is 20.7. The average Bonchev–Trinajstić information content (AvgIpc) is 3.40. The Bertz CT molecular complexity index is 1730. The standard InChI is InChI=1S/C24H20ClF3N8O/c1-12-15(6-22-29-11-35(3)33-22)23(37)31-24(36(12)10-13-4-18(27)19(28)8-17(13)26)30-21-5-14-9-34(2)32-20(14)7-16(21)25/h4-5,7-9,11H,6,10H2,1-3H3,(H,30,31,37). The molecule has 0 amide bonds. The highest BCUT2D eigenvalue weighted by Gasteiger charge is 2.20. The molecule has 0 aliphatic carbocycles. The monoisotopic (exact) mass is 528 g/mol. The Balaban J connectivity index is 1.64. The number of aromatic nitrogens is 7. The van der Waals surface area contributed by atoms with Gasteiger partial charge in [-0.3, -0.25) is 14.2 Å². The molecule has 5 aromatic rings. The van der Waals surface area contributed by atoms with Crippen molar-refractivity contribution in [3.63, 3.8) is 0 Å². The molecule has 190 valence electrons. The average molecular weight is 529 g/mol. The molecule has 0 fully saturated rings. The van der Waals surface area contributed by atoms with Gasteiger partial charge in [-0.15, -0.1) is 0 Å². The second-order valence-electron chi connectivity index (χ2n) is 8.58. The van der Waals surface area contributed by atoms with Gasteiger partial charge in [0.1, 0.15) is 12.1 Å². The molecule has 0 bridgehead atoms. The van der Waals surface area contributed by atoms with Crippen LogP contribution in [0.2, 0.25) is 5.02 Å². The van der Waals surface area contributed by atoms with E-state index in [0.717, 1.165) is 11.5 Å². The summed E-state index contributed by atoms with van der Waals surface area (Å²) in [6.45, 7) is 1.40. The summed E-state index contributed by atoms with van der Waals surface area (Å²) in [5, 5.41) is 12.7. The summed E-state index contributed by atoms with van der Waals surface area (Å²) in [5.74, 6) is -3.01. The number of rotatable bonds is 6. The van der Waals surface area contributed by atoms with E-state index in [4.69, 9.17) is 11.6 Å². The Hall–Kier alpha value is -4.19. The number of aryl methyl sites for hydroxylation is 2. The van der Waals surface area contributed by atoms with Crippen LogP contribution in [-0.2, 0) is 27.1 Å². The van der Waals surface area contributed by atoms with Crippen LogP contribution in [0.25, 0.3) is 10.9 Å². The van der Waals surface area contributed by atoms with E-state index in [2.05, 4.69) is 25.5 Å². The van der Waals surface area contributed by atoms with Crippen LogP contribution in [0.4, 0.5) is 24.8 Å². The maximum atomic E-state index is 14.6. The second kappa shape index (κ2) is 9.36. The molecule has 0 radical (unpaired) electrons. The molecule has 0 unspecified atom stereocenters. The van der Waals surface area contributed by atoms with Crippen LogP contribution >= 0.6 is 11.6 Å². The lowest BCUT2D eigenvalue weighted by Gasteiger charge is -2.20. The quantitative estimate of drug-likeness (QED) is 0.334. The summed E-state index contributed by atoms with van der Waals surface area (Å²) in [5.41, 5.74) is 1.10. The molecule has 0 saturated heterocycles. The Labute approximate surface area is 213 Å². The molecular weight excluding hydrogens is 509 g/mol. The molecule has 13 heteroatoms. The minimum absolute atomic E-state index is 0.0366. The smallest absolute Gasteiger partial charge is 0.278 e. The molecule has 1 N–H and O–H groups in total. The van der Waals surface area contributed by atoms with Crippen LogP contribution in [0.15, 0.2) is 41.6 Å². The highest BCUT2D eigenvalue weighted by molar-refractivity contribution is 6.34. The molecule has 3 heterocycles. The maximum absolute atomic E-state index is 14.6. The van der Waals surface area contributed by atoms with Gasteiger partial charge in [-0.2, -0.15) is 15.2 Å². The summed E-state index contributed by atoms with van der Waals surface area (Å²) >= 11 is 6.46. The first-order chi connectivity index (χ1) is 17.6. The number of nitrogens with one attached hydrogen (secondary N) is 1. The maximum Gasteiger partial charge on any atom is 0.278 e. The van der Waals surface area contributed by atoms with Crippen molar-refractivity contribution in [1.82, 2.24) is 34.1 Å². The fraction of sp³-hybridized carbons (Fsp3) is 0.208. The zero-order chi connectivity index (χ0) is 26.4. The highest BCUT2D eigenvalue weighted by Crippen LogP contribution is 2.30. The van der Waals surface area contributed by atoms with Gasteiger partial charge in [-0.05, 0) is 25.1 Å². The molecule has 3 aromatic heterocycles. The molecule has 2 aromatic carbocycles. The van der Waals surface area contributed by atoms with Crippen molar-refractivity contribution < 1.29 is 13.2 Å². The largest absolute Gasteiger partial charge is 0.324 e. The number of hydrogen-bond donors (Lipinski definition) is 1. The summed E-state index contributed by atoms with van der Waals surface area (Å²) in [7, 11) is 3.47. The van der Waals surface area contributed by atoms with Crippen molar-refractivity contribution in [1.29, 1.82) is 0 Å². The van der Waals surface area contributed by atoms with Crippen LogP contribution < -0.4 is 10.9 Å². The van der Waals surface area contributed by atoms with E-state index < -0.39 is 23.0 Å². The normalized spacial score (nSPS) is 11.4. The van der Waals surface area contributed by atoms with Crippen molar-refractivity contribution in [2.75, 3.05) is 5.32 Å². The van der Waals surface area contributed by atoms with Gasteiger partial charge >= 0.3 is 0 Å². The number of anilines is 2. The third-order valence-corrected chi connectivity index (χ3v) is 6.23. The van der Waals surface area contributed by atoms with E-state index in [9.17, 15) is 18.0 Å². The molecule has 0 saturated carbocycles. The fourth-order valence-corrected chi connectivity index (χ4v) is 4.26. The van der Waals surface area contributed by atoms with E-state index >= 15 is 0 Å². The minimum atomic E-state index is -1.30. The lowest BCUT2D eigenvalue weighted by molar-refractivity contribution is 0.487. The van der Waals surface area contributed by atoms with Crippen molar-refractivity contribution >= 4 is 34.1 Å². The topological polar surface area (TPSA) is 95.4 Å². The van der Waals surface area contributed by atoms with Crippen LogP contribution in [-0.4, -0.2) is 34.1 Å². The molecule has 0 aliphatic rings. The lowest BCUT2D eigenvalue weighted by Crippen LogP contribution is -2.25. The number of nitrogens with zero attached hydrogens (tertiary/aromatic N) is 7. The van der Waals surface area contributed by atoms with Gasteiger partial charge < -0.3 is 9.88 Å². The number of benzene rings is 2. The number of hydrogen-bond acceptors (Lipinski definition) is 6. The second-order valence-corrected chi connectivity index (χ2v) is 8.99. The predicted molar refractivity (Wildman–Crippen MR) is 131 cm³/mol. The van der Waals surface area contributed by atoms with Gasteiger partial charge in [-0.25, -0.2) is 18.2 Å². The Kier molecular flexibility index (Phi) is 6.20. The number of halogens is 4. The fourth-order valence-electron chi connectivity index (χ4n) is 4.06. The summed E-state index contributed by atoms with van der Waals surface area (Å²) in [6.07, 6.45) is 3.36. The summed E-state index contributed by atoms with van der Waals surface area (Å²) in [6, 6.07) is 4.65. The minimum Gasteiger partial charge on any atom is -0.324 e. The van der Waals surface area contributed by atoms with Gasteiger partial charge in [0, 0.05) is 55.0 Å². The van der Waals surface area contributed by atoms with Crippen LogP contribution in [0.1, 0.15) is 22.6 Å². The first-order valence-electron chi connectivity index (χ1n) is 11.1. The van der Waals surface area contributed by atoms with Gasteiger partial charge in [-0.1, -0.05) is 11.6 Å².